The fourth-order valence-corrected chi connectivity index (χ4v) is 4.50. The van der Waals surface area contributed by atoms with Crippen molar-refractivity contribution in [3.63, 3.8) is 0 Å². The van der Waals surface area contributed by atoms with E-state index in [1.54, 1.807) is 0 Å². The third-order valence-corrected chi connectivity index (χ3v) is 5.84. The Morgan fingerprint density at radius 2 is 2.12 bits per heavy atom. The molecule has 3 nitrogen and oxygen atoms in total. The van der Waals surface area contributed by atoms with Crippen LogP contribution in [0.2, 0.25) is 0 Å². The lowest BCUT2D eigenvalue weighted by atomic mass is 9.93. The summed E-state index contributed by atoms with van der Waals surface area (Å²) in [7, 11) is 0. The summed E-state index contributed by atoms with van der Waals surface area (Å²) in [5, 5.41) is 1.37. The lowest BCUT2D eigenvalue weighted by molar-refractivity contribution is 0.161. The monoisotopic (exact) mass is 320 g/mol. The maximum atomic E-state index is 5.46. The van der Waals surface area contributed by atoms with Gasteiger partial charge in [0, 0.05) is 35.2 Å². The van der Waals surface area contributed by atoms with Crippen LogP contribution in [-0.2, 0) is 4.74 Å². The molecule has 0 spiro atoms. The maximum Gasteiger partial charge on any atom is 0.0653 e. The minimum absolute atomic E-state index is 0.667. The second-order valence-electron chi connectivity index (χ2n) is 7.20. The maximum absolute atomic E-state index is 5.46. The van der Waals surface area contributed by atoms with Crippen LogP contribution >= 0.6 is 0 Å². The van der Waals surface area contributed by atoms with E-state index in [9.17, 15) is 0 Å². The molecular formula is C21H24N2O. The number of nitrogens with zero attached hydrogens (tertiary/aromatic N) is 1. The first-order valence-electron chi connectivity index (χ1n) is 9.22. The molecule has 24 heavy (non-hydrogen) atoms. The molecule has 1 aromatic carbocycles. The highest BCUT2D eigenvalue weighted by Crippen LogP contribution is 2.35. The molecule has 124 valence electrons. The van der Waals surface area contributed by atoms with Gasteiger partial charge in [0.1, 0.15) is 0 Å². The van der Waals surface area contributed by atoms with Crippen LogP contribution in [0.25, 0.3) is 22.0 Å². The molecule has 3 aliphatic heterocycles. The molecule has 1 atom stereocenters. The van der Waals surface area contributed by atoms with E-state index in [1.165, 1.54) is 65.5 Å². The molecule has 5 rings (SSSR count). The average Bonchev–Trinajstić information content (AvgIpc) is 3.27. The summed E-state index contributed by atoms with van der Waals surface area (Å²) in [6.45, 7) is 4.08. The predicted molar refractivity (Wildman–Crippen MR) is 98.9 cm³/mol. The van der Waals surface area contributed by atoms with Crippen LogP contribution < -0.4 is 0 Å². The summed E-state index contributed by atoms with van der Waals surface area (Å²) >= 11 is 0. The molecule has 3 aliphatic rings. The Hall–Kier alpha value is -1.84. The number of benzene rings is 1. The largest absolute Gasteiger partial charge is 0.377 e. The van der Waals surface area contributed by atoms with Gasteiger partial charge in [-0.1, -0.05) is 18.2 Å². The normalized spacial score (nSPS) is 24.8. The molecule has 0 amide bonds. The van der Waals surface area contributed by atoms with Crippen molar-refractivity contribution in [3.8, 4) is 0 Å². The molecule has 1 unspecified atom stereocenters. The van der Waals surface area contributed by atoms with Gasteiger partial charge >= 0.3 is 0 Å². The molecule has 1 aromatic heterocycles. The van der Waals surface area contributed by atoms with Gasteiger partial charge in [-0.3, -0.25) is 4.90 Å². The highest BCUT2D eigenvalue weighted by molar-refractivity contribution is 5.95. The van der Waals surface area contributed by atoms with Gasteiger partial charge in [0.2, 0.25) is 0 Å². The lowest BCUT2D eigenvalue weighted by Gasteiger charge is -2.28. The van der Waals surface area contributed by atoms with Crippen molar-refractivity contribution in [1.29, 1.82) is 0 Å². The van der Waals surface area contributed by atoms with E-state index < -0.39 is 0 Å². The first-order chi connectivity index (χ1) is 11.9. The van der Waals surface area contributed by atoms with Crippen molar-refractivity contribution in [3.05, 3.63) is 47.7 Å². The van der Waals surface area contributed by atoms with Gasteiger partial charge in [0.25, 0.3) is 0 Å². The second kappa shape index (κ2) is 5.91. The molecule has 4 heterocycles. The van der Waals surface area contributed by atoms with Crippen LogP contribution in [0.15, 0.2) is 36.5 Å². The highest BCUT2D eigenvalue weighted by atomic mass is 16.5. The molecule has 1 N–H and O–H groups in total. The van der Waals surface area contributed by atoms with Crippen LogP contribution in [0.5, 0.6) is 0 Å². The van der Waals surface area contributed by atoms with Gasteiger partial charge in [-0.05, 0) is 61.1 Å². The Morgan fingerprint density at radius 1 is 1.12 bits per heavy atom. The summed E-state index contributed by atoms with van der Waals surface area (Å²) in [4.78, 5) is 6.11. The number of hydrogen-bond acceptors (Lipinski definition) is 2. The zero-order chi connectivity index (χ0) is 15.9. The van der Waals surface area contributed by atoms with E-state index in [-0.39, 0.29) is 0 Å². The molecule has 1 fully saturated rings. The number of aromatic nitrogens is 1. The van der Waals surface area contributed by atoms with E-state index in [0.29, 0.717) is 6.04 Å². The van der Waals surface area contributed by atoms with Crippen LogP contribution in [0, 0.1) is 0 Å². The van der Waals surface area contributed by atoms with Crippen LogP contribution in [0.4, 0.5) is 0 Å². The van der Waals surface area contributed by atoms with Crippen molar-refractivity contribution in [2.24, 2.45) is 0 Å². The smallest absolute Gasteiger partial charge is 0.0653 e. The van der Waals surface area contributed by atoms with Gasteiger partial charge in [-0.2, -0.15) is 0 Å². The van der Waals surface area contributed by atoms with Crippen LogP contribution in [0.3, 0.4) is 0 Å². The predicted octanol–water partition coefficient (Wildman–Crippen LogP) is 4.22. The molecule has 0 radical (unpaired) electrons. The lowest BCUT2D eigenvalue weighted by Crippen LogP contribution is -2.32. The molecular weight excluding hydrogens is 296 g/mol. The first kappa shape index (κ1) is 14.5. The third kappa shape index (κ3) is 2.43. The molecule has 3 heteroatoms. The van der Waals surface area contributed by atoms with E-state index in [2.05, 4.69) is 46.4 Å². The van der Waals surface area contributed by atoms with Gasteiger partial charge in [-0.25, -0.2) is 0 Å². The Labute approximate surface area is 143 Å². The molecule has 0 bridgehead atoms. The molecule has 0 saturated carbocycles. The van der Waals surface area contributed by atoms with Gasteiger partial charge < -0.3 is 9.72 Å². The SMILES string of the molecule is C1=C(c2ccc3[nH]cc(C4=CC5CCCN5CC4)c3c2)CCOC1. The fourth-order valence-electron chi connectivity index (χ4n) is 4.50. The summed E-state index contributed by atoms with van der Waals surface area (Å²) < 4.78 is 5.46. The third-order valence-electron chi connectivity index (χ3n) is 5.84. The number of fused-ring (bicyclic) bond motifs is 2. The van der Waals surface area contributed by atoms with E-state index in [0.717, 1.165) is 19.6 Å². The quantitative estimate of drug-likeness (QED) is 0.897. The average molecular weight is 320 g/mol. The Morgan fingerprint density at radius 3 is 3.04 bits per heavy atom. The number of hydrogen-bond donors (Lipinski definition) is 1. The molecule has 2 aromatic rings. The van der Waals surface area contributed by atoms with Crippen molar-refractivity contribution < 1.29 is 4.74 Å². The number of ether oxygens (including phenoxy) is 1. The van der Waals surface area contributed by atoms with Crippen molar-refractivity contribution in [2.45, 2.75) is 31.7 Å². The summed E-state index contributed by atoms with van der Waals surface area (Å²) in [5.41, 5.74) is 6.96. The van der Waals surface area contributed by atoms with E-state index in [1.807, 2.05) is 0 Å². The Bertz CT molecular complexity index is 829. The number of H-pyrrole nitrogens is 1. The fraction of sp³-hybridized carbons (Fsp3) is 0.429. The molecule has 1 saturated heterocycles. The minimum Gasteiger partial charge on any atom is -0.377 e. The summed E-state index contributed by atoms with van der Waals surface area (Å²) in [6, 6.07) is 7.52. The van der Waals surface area contributed by atoms with Crippen LogP contribution in [0.1, 0.15) is 36.8 Å². The van der Waals surface area contributed by atoms with Gasteiger partial charge in [0.15, 0.2) is 0 Å². The second-order valence-corrected chi connectivity index (χ2v) is 7.20. The highest BCUT2D eigenvalue weighted by Gasteiger charge is 2.27. The number of nitrogens with one attached hydrogen (secondary N) is 1. The first-order valence-corrected chi connectivity index (χ1v) is 9.22. The minimum atomic E-state index is 0.667. The van der Waals surface area contributed by atoms with Crippen molar-refractivity contribution in [2.75, 3.05) is 26.3 Å². The van der Waals surface area contributed by atoms with E-state index >= 15 is 0 Å². The Kier molecular flexibility index (Phi) is 3.57. The molecule has 0 aliphatic carbocycles. The van der Waals surface area contributed by atoms with Crippen molar-refractivity contribution >= 4 is 22.0 Å². The number of aromatic amines is 1. The van der Waals surface area contributed by atoms with E-state index in [4.69, 9.17) is 4.74 Å². The number of rotatable bonds is 2. The zero-order valence-corrected chi connectivity index (χ0v) is 14.1. The summed E-state index contributed by atoms with van der Waals surface area (Å²) in [6.07, 6.45) is 11.8. The zero-order valence-electron chi connectivity index (χ0n) is 14.1. The van der Waals surface area contributed by atoms with Crippen LogP contribution in [-0.4, -0.2) is 42.2 Å². The van der Waals surface area contributed by atoms with Gasteiger partial charge in [-0.15, -0.1) is 0 Å². The van der Waals surface area contributed by atoms with Gasteiger partial charge in [0.05, 0.1) is 13.2 Å². The summed E-state index contributed by atoms with van der Waals surface area (Å²) in [5.74, 6) is 0. The Balaban J connectivity index is 1.55. The standard InChI is InChI=1S/C21H24N2O/c1-2-18-12-17(5-9-23(18)8-1)20-14-22-21-4-3-16(13-19(20)21)15-6-10-24-11-7-15/h3-4,6,12-14,18,22H,1-2,5,7-11H2. The topological polar surface area (TPSA) is 28.3 Å². The van der Waals surface area contributed by atoms with Crippen molar-refractivity contribution in [1.82, 2.24) is 9.88 Å².